The van der Waals surface area contributed by atoms with E-state index in [1.54, 1.807) is 0 Å². The molecule has 1 aromatic rings. The second-order valence-electron chi connectivity index (χ2n) is 5.59. The van der Waals surface area contributed by atoms with Crippen LogP contribution in [-0.4, -0.2) is 59.9 Å². The number of urea groups is 1. The van der Waals surface area contributed by atoms with Crippen molar-refractivity contribution in [3.05, 3.63) is 17.5 Å². The van der Waals surface area contributed by atoms with Gasteiger partial charge in [0.15, 0.2) is 0 Å². The maximum Gasteiger partial charge on any atom is 0.317 e. The Morgan fingerprint density at radius 3 is 3.00 bits per heavy atom. The molecule has 0 saturated carbocycles. The number of nitrogens with zero attached hydrogens (tertiary/aromatic N) is 2. The predicted molar refractivity (Wildman–Crippen MR) is 80.5 cm³/mol. The van der Waals surface area contributed by atoms with Crippen LogP contribution in [-0.2, 0) is 11.2 Å². The molecule has 3 heterocycles. The minimum atomic E-state index is 0.0320. The van der Waals surface area contributed by atoms with Crippen LogP contribution in [0.4, 0.5) is 4.79 Å². The normalized spacial score (nSPS) is 26.0. The molecule has 2 aliphatic rings. The highest BCUT2D eigenvalue weighted by Gasteiger charge is 2.32. The molecule has 2 aliphatic heterocycles. The van der Waals surface area contributed by atoms with Gasteiger partial charge in [-0.1, -0.05) is 5.16 Å². The lowest BCUT2D eigenvalue weighted by molar-refractivity contribution is 0.177. The molecule has 0 bridgehead atoms. The van der Waals surface area contributed by atoms with E-state index < -0.39 is 0 Å². The highest BCUT2D eigenvalue weighted by atomic mass is 32.2. The van der Waals surface area contributed by atoms with Crippen molar-refractivity contribution in [1.29, 1.82) is 0 Å². The molecule has 2 amide bonds. The first kappa shape index (κ1) is 14.7. The number of nitrogens with one attached hydrogen (secondary N) is 1. The molecule has 2 fully saturated rings. The first-order valence-electron chi connectivity index (χ1n) is 7.35. The molecule has 0 spiro atoms. The molecule has 0 aliphatic carbocycles. The van der Waals surface area contributed by atoms with Gasteiger partial charge in [0, 0.05) is 43.0 Å². The third-order valence-electron chi connectivity index (χ3n) is 3.95. The van der Waals surface area contributed by atoms with Gasteiger partial charge in [-0.15, -0.1) is 0 Å². The summed E-state index contributed by atoms with van der Waals surface area (Å²) in [4.78, 5) is 14.2. The maximum atomic E-state index is 12.3. The fourth-order valence-electron chi connectivity index (χ4n) is 2.75. The summed E-state index contributed by atoms with van der Waals surface area (Å²) in [5, 5.41) is 7.02. The van der Waals surface area contributed by atoms with Crippen LogP contribution in [0.3, 0.4) is 0 Å². The summed E-state index contributed by atoms with van der Waals surface area (Å²) in [6, 6.07) is 2.03. The molecule has 7 heteroatoms. The topological polar surface area (TPSA) is 67.6 Å². The maximum absolute atomic E-state index is 12.3. The van der Waals surface area contributed by atoms with Gasteiger partial charge >= 0.3 is 6.03 Å². The Labute approximate surface area is 128 Å². The quantitative estimate of drug-likeness (QED) is 0.911. The van der Waals surface area contributed by atoms with Crippen LogP contribution >= 0.6 is 11.8 Å². The highest BCUT2D eigenvalue weighted by Crippen LogP contribution is 2.20. The molecular formula is C14H21N3O3S. The SMILES string of the molecule is Cc1cc(C[C@@H]2COC[C@@H]2NC(=O)N2CCSCC2)on1. The van der Waals surface area contributed by atoms with Crippen LogP contribution in [0.5, 0.6) is 0 Å². The molecule has 0 unspecified atom stereocenters. The summed E-state index contributed by atoms with van der Waals surface area (Å²) < 4.78 is 10.8. The van der Waals surface area contributed by atoms with Crippen molar-refractivity contribution in [1.82, 2.24) is 15.4 Å². The summed E-state index contributed by atoms with van der Waals surface area (Å²) in [5.41, 5.74) is 0.885. The zero-order chi connectivity index (χ0) is 14.7. The van der Waals surface area contributed by atoms with Crippen molar-refractivity contribution in [2.24, 2.45) is 5.92 Å². The third-order valence-corrected chi connectivity index (χ3v) is 4.89. The molecule has 116 valence electrons. The highest BCUT2D eigenvalue weighted by molar-refractivity contribution is 7.99. The molecule has 0 radical (unpaired) electrons. The molecule has 1 N–H and O–H groups in total. The second-order valence-corrected chi connectivity index (χ2v) is 6.82. The average molecular weight is 311 g/mol. The molecule has 21 heavy (non-hydrogen) atoms. The number of thioether (sulfide) groups is 1. The Morgan fingerprint density at radius 1 is 1.48 bits per heavy atom. The average Bonchev–Trinajstić information content (AvgIpc) is 3.10. The lowest BCUT2D eigenvalue weighted by Crippen LogP contribution is -2.50. The zero-order valence-electron chi connectivity index (χ0n) is 12.2. The van der Waals surface area contributed by atoms with Gasteiger partial charge in [0.25, 0.3) is 0 Å². The number of amides is 2. The largest absolute Gasteiger partial charge is 0.379 e. The Balaban J connectivity index is 1.55. The number of hydrogen-bond acceptors (Lipinski definition) is 5. The van der Waals surface area contributed by atoms with E-state index in [-0.39, 0.29) is 18.0 Å². The van der Waals surface area contributed by atoms with Crippen molar-refractivity contribution in [2.75, 3.05) is 37.8 Å². The monoisotopic (exact) mass is 311 g/mol. The molecule has 6 nitrogen and oxygen atoms in total. The fraction of sp³-hybridized carbons (Fsp3) is 0.714. The predicted octanol–water partition coefficient (Wildman–Crippen LogP) is 1.30. The number of carbonyl (C=O) groups is 1. The van der Waals surface area contributed by atoms with E-state index in [0.717, 1.165) is 42.5 Å². The van der Waals surface area contributed by atoms with E-state index in [1.165, 1.54) is 0 Å². The van der Waals surface area contributed by atoms with Crippen LogP contribution < -0.4 is 5.32 Å². The second kappa shape index (κ2) is 6.70. The van der Waals surface area contributed by atoms with Crippen LogP contribution in [0.1, 0.15) is 11.5 Å². The smallest absolute Gasteiger partial charge is 0.317 e. The van der Waals surface area contributed by atoms with Crippen molar-refractivity contribution in [2.45, 2.75) is 19.4 Å². The number of aryl methyl sites for hydroxylation is 1. The third kappa shape index (κ3) is 3.71. The Kier molecular flexibility index (Phi) is 4.70. The molecule has 2 atom stereocenters. The standard InChI is InChI=1S/C14H21N3O3S/c1-10-6-12(20-16-10)7-11-8-19-9-13(11)15-14(18)17-2-4-21-5-3-17/h6,11,13H,2-5,7-9H2,1H3,(H,15,18)/t11-,13+/m1/s1. The zero-order valence-corrected chi connectivity index (χ0v) is 13.0. The lowest BCUT2D eigenvalue weighted by Gasteiger charge is -2.29. The van der Waals surface area contributed by atoms with Gasteiger partial charge in [0.2, 0.25) is 0 Å². The van der Waals surface area contributed by atoms with Crippen molar-refractivity contribution < 1.29 is 14.1 Å². The van der Waals surface area contributed by atoms with Gasteiger partial charge in [0.1, 0.15) is 5.76 Å². The molecule has 3 rings (SSSR count). The number of ether oxygens (including phenoxy) is 1. The molecule has 0 aromatic carbocycles. The van der Waals surface area contributed by atoms with Crippen LogP contribution in [0.15, 0.2) is 10.6 Å². The summed E-state index contributed by atoms with van der Waals surface area (Å²) in [7, 11) is 0. The lowest BCUT2D eigenvalue weighted by atomic mass is 9.98. The van der Waals surface area contributed by atoms with E-state index >= 15 is 0 Å². The minimum absolute atomic E-state index is 0.0320. The summed E-state index contributed by atoms with van der Waals surface area (Å²) in [5.74, 6) is 3.15. The van der Waals surface area contributed by atoms with E-state index in [9.17, 15) is 4.79 Å². The van der Waals surface area contributed by atoms with Gasteiger partial charge in [0.05, 0.1) is 24.9 Å². The Hall–Kier alpha value is -1.21. The molecule has 1 aromatic heterocycles. The van der Waals surface area contributed by atoms with Gasteiger partial charge in [-0.3, -0.25) is 0 Å². The number of hydrogen-bond donors (Lipinski definition) is 1. The van der Waals surface area contributed by atoms with Crippen molar-refractivity contribution >= 4 is 17.8 Å². The van der Waals surface area contributed by atoms with Crippen LogP contribution in [0.25, 0.3) is 0 Å². The van der Waals surface area contributed by atoms with E-state index in [1.807, 2.05) is 29.7 Å². The van der Waals surface area contributed by atoms with Crippen LogP contribution in [0.2, 0.25) is 0 Å². The number of carbonyl (C=O) groups excluding carboxylic acids is 1. The van der Waals surface area contributed by atoms with Crippen molar-refractivity contribution in [3.8, 4) is 0 Å². The number of rotatable bonds is 3. The first-order chi connectivity index (χ1) is 10.2. The summed E-state index contributed by atoms with van der Waals surface area (Å²) in [6.45, 7) is 4.80. The first-order valence-corrected chi connectivity index (χ1v) is 8.51. The molecular weight excluding hydrogens is 290 g/mol. The summed E-state index contributed by atoms with van der Waals surface area (Å²) >= 11 is 1.90. The van der Waals surface area contributed by atoms with Gasteiger partial charge in [-0.05, 0) is 6.92 Å². The summed E-state index contributed by atoms with van der Waals surface area (Å²) in [6.07, 6.45) is 0.752. The van der Waals surface area contributed by atoms with E-state index in [0.29, 0.717) is 13.2 Å². The number of aromatic nitrogens is 1. The minimum Gasteiger partial charge on any atom is -0.379 e. The van der Waals surface area contributed by atoms with Gasteiger partial charge in [-0.2, -0.15) is 11.8 Å². The molecule has 2 saturated heterocycles. The van der Waals surface area contributed by atoms with Crippen LogP contribution in [0, 0.1) is 12.8 Å². The fourth-order valence-corrected chi connectivity index (χ4v) is 3.65. The van der Waals surface area contributed by atoms with E-state index in [4.69, 9.17) is 9.26 Å². The van der Waals surface area contributed by atoms with Gasteiger partial charge < -0.3 is 19.5 Å². The Morgan fingerprint density at radius 2 is 2.29 bits per heavy atom. The van der Waals surface area contributed by atoms with Crippen molar-refractivity contribution in [3.63, 3.8) is 0 Å². The Bertz CT molecular complexity index is 488. The van der Waals surface area contributed by atoms with E-state index in [2.05, 4.69) is 10.5 Å². The van der Waals surface area contributed by atoms with Gasteiger partial charge in [-0.25, -0.2) is 4.79 Å².